The van der Waals surface area contributed by atoms with E-state index in [4.69, 9.17) is 11.6 Å². The molecule has 0 aromatic carbocycles. The lowest BCUT2D eigenvalue weighted by molar-refractivity contribution is 0.571. The van der Waals surface area contributed by atoms with Crippen molar-refractivity contribution in [3.05, 3.63) is 15.8 Å². The molecule has 1 nitrogen and oxygen atoms in total. The number of rotatable bonds is 0. The molecule has 0 radical (unpaired) electrons. The van der Waals surface area contributed by atoms with E-state index in [1.54, 1.807) is 0 Å². The number of aromatic nitrogens is 1. The van der Waals surface area contributed by atoms with E-state index < -0.39 is 5.13 Å². The highest BCUT2D eigenvalue weighted by Gasteiger charge is 2.23. The summed E-state index contributed by atoms with van der Waals surface area (Å²) in [5, 5.41) is -0.223. The van der Waals surface area contributed by atoms with Gasteiger partial charge in [0.25, 0.3) is 0 Å². The molecule has 0 aliphatic heterocycles. The number of halogens is 2. The van der Waals surface area contributed by atoms with Crippen LogP contribution in [0.15, 0.2) is 0 Å². The highest BCUT2D eigenvalue weighted by molar-refractivity contribution is 7.04. The van der Waals surface area contributed by atoms with Gasteiger partial charge in [0.1, 0.15) is 5.02 Å². The summed E-state index contributed by atoms with van der Waals surface area (Å²) in [6.07, 6.45) is 0. The summed E-state index contributed by atoms with van der Waals surface area (Å²) in [5.41, 5.74) is 0.472. The van der Waals surface area contributed by atoms with Gasteiger partial charge in [0.05, 0.1) is 5.69 Å². The third-order valence-electron chi connectivity index (χ3n) is 1.31. The minimum atomic E-state index is -0.392. The maximum atomic E-state index is 12.7. The van der Waals surface area contributed by atoms with Crippen molar-refractivity contribution in [2.75, 3.05) is 0 Å². The number of hydrogen-bond donors (Lipinski definition) is 0. The zero-order valence-electron chi connectivity index (χ0n) is 6.61. The molecule has 0 aliphatic carbocycles. The Balaban J connectivity index is 3.15. The zero-order chi connectivity index (χ0) is 8.65. The number of hydrogen-bond acceptors (Lipinski definition) is 2. The van der Waals surface area contributed by atoms with E-state index in [1.807, 2.05) is 20.8 Å². The number of nitrogens with zero attached hydrogens (tertiary/aromatic N) is 1. The summed E-state index contributed by atoms with van der Waals surface area (Å²) < 4.78 is 16.6. The normalized spacial score (nSPS) is 12.1. The van der Waals surface area contributed by atoms with Crippen molar-refractivity contribution in [1.29, 1.82) is 0 Å². The highest BCUT2D eigenvalue weighted by Crippen LogP contribution is 2.31. The van der Waals surface area contributed by atoms with E-state index in [-0.39, 0.29) is 10.4 Å². The maximum Gasteiger partial charge on any atom is 0.214 e. The van der Waals surface area contributed by atoms with Gasteiger partial charge in [-0.25, -0.2) is 0 Å². The van der Waals surface area contributed by atoms with Crippen LogP contribution in [0.1, 0.15) is 26.5 Å². The van der Waals surface area contributed by atoms with Crippen molar-refractivity contribution in [3.63, 3.8) is 0 Å². The monoisotopic (exact) mass is 193 g/mol. The fourth-order valence-corrected chi connectivity index (χ4v) is 1.92. The molecular weight excluding hydrogens is 185 g/mol. The van der Waals surface area contributed by atoms with Crippen LogP contribution in [0.25, 0.3) is 0 Å². The molecule has 1 rings (SSSR count). The quantitative estimate of drug-likeness (QED) is 0.617. The Hall–Kier alpha value is -0.150. The first-order chi connectivity index (χ1) is 4.93. The van der Waals surface area contributed by atoms with Crippen LogP contribution in [0, 0.1) is 5.13 Å². The minimum Gasteiger partial charge on any atom is -0.193 e. The second kappa shape index (κ2) is 2.72. The molecule has 0 bridgehead atoms. The largest absolute Gasteiger partial charge is 0.214 e. The molecule has 4 heteroatoms. The van der Waals surface area contributed by atoms with Gasteiger partial charge in [-0.05, 0) is 11.5 Å². The summed E-state index contributed by atoms with van der Waals surface area (Å²) >= 11 is 6.48. The molecule has 0 aliphatic rings. The van der Waals surface area contributed by atoms with Crippen LogP contribution >= 0.6 is 23.1 Å². The third kappa shape index (κ3) is 1.71. The standard InChI is InChI=1S/C7H9ClFNS/c1-7(2,3)5-4(8)6(9)11-10-5/h1-3H3. The van der Waals surface area contributed by atoms with Crippen LogP contribution in [-0.2, 0) is 5.41 Å². The zero-order valence-corrected chi connectivity index (χ0v) is 8.18. The fraction of sp³-hybridized carbons (Fsp3) is 0.571. The second-order valence-corrected chi connectivity index (χ2v) is 4.47. The lowest BCUT2D eigenvalue weighted by Gasteiger charge is -2.14. The van der Waals surface area contributed by atoms with Gasteiger partial charge < -0.3 is 0 Å². The SMILES string of the molecule is CC(C)(C)c1nsc(F)c1Cl. The average Bonchev–Trinajstić information content (AvgIpc) is 2.11. The average molecular weight is 194 g/mol. The van der Waals surface area contributed by atoms with Crippen molar-refractivity contribution in [3.8, 4) is 0 Å². The Morgan fingerprint density at radius 1 is 1.45 bits per heavy atom. The van der Waals surface area contributed by atoms with E-state index in [0.29, 0.717) is 5.69 Å². The van der Waals surface area contributed by atoms with Crippen molar-refractivity contribution in [2.24, 2.45) is 0 Å². The highest BCUT2D eigenvalue weighted by atomic mass is 35.5. The predicted molar refractivity (Wildman–Crippen MR) is 45.8 cm³/mol. The van der Waals surface area contributed by atoms with Gasteiger partial charge in [-0.3, -0.25) is 0 Å². The molecule has 0 fully saturated rings. The van der Waals surface area contributed by atoms with E-state index in [1.165, 1.54) is 0 Å². The van der Waals surface area contributed by atoms with Crippen LogP contribution in [0.3, 0.4) is 0 Å². The summed E-state index contributed by atoms with van der Waals surface area (Å²) in [6.45, 7) is 5.86. The molecule has 11 heavy (non-hydrogen) atoms. The molecule has 0 unspecified atom stereocenters. The molecule has 0 atom stereocenters. The van der Waals surface area contributed by atoms with Crippen molar-refractivity contribution < 1.29 is 4.39 Å². The van der Waals surface area contributed by atoms with Gasteiger partial charge in [-0.1, -0.05) is 32.4 Å². The van der Waals surface area contributed by atoms with Crippen molar-refractivity contribution in [1.82, 2.24) is 4.37 Å². The Morgan fingerprint density at radius 2 is 2.00 bits per heavy atom. The molecule has 0 saturated carbocycles. The minimum absolute atomic E-state index is 0.169. The van der Waals surface area contributed by atoms with E-state index >= 15 is 0 Å². The van der Waals surface area contributed by atoms with Gasteiger partial charge in [-0.2, -0.15) is 8.76 Å². The molecule has 0 saturated heterocycles. The molecule has 0 spiro atoms. The lowest BCUT2D eigenvalue weighted by Crippen LogP contribution is -2.11. The molecule has 0 amide bonds. The van der Waals surface area contributed by atoms with Crippen LogP contribution in [-0.4, -0.2) is 4.37 Å². The van der Waals surface area contributed by atoms with Gasteiger partial charge in [0.15, 0.2) is 0 Å². The molecule has 1 aromatic rings. The summed E-state index contributed by atoms with van der Waals surface area (Å²) in [5.74, 6) is 0. The van der Waals surface area contributed by atoms with Crippen LogP contribution in [0.5, 0.6) is 0 Å². The first kappa shape index (κ1) is 8.94. The first-order valence-electron chi connectivity index (χ1n) is 3.24. The fourth-order valence-electron chi connectivity index (χ4n) is 0.725. The topological polar surface area (TPSA) is 12.9 Å². The van der Waals surface area contributed by atoms with Crippen LogP contribution in [0.2, 0.25) is 5.02 Å². The smallest absolute Gasteiger partial charge is 0.193 e. The molecule has 1 heterocycles. The van der Waals surface area contributed by atoms with Gasteiger partial charge in [0.2, 0.25) is 5.13 Å². The summed E-state index contributed by atoms with van der Waals surface area (Å²) in [4.78, 5) is 0. The summed E-state index contributed by atoms with van der Waals surface area (Å²) in [6, 6.07) is 0. The Morgan fingerprint density at radius 3 is 2.18 bits per heavy atom. The van der Waals surface area contributed by atoms with E-state index in [2.05, 4.69) is 4.37 Å². The first-order valence-corrected chi connectivity index (χ1v) is 4.39. The Kier molecular flexibility index (Phi) is 2.21. The summed E-state index contributed by atoms with van der Waals surface area (Å²) in [7, 11) is 0. The van der Waals surface area contributed by atoms with Gasteiger partial charge in [0, 0.05) is 5.41 Å². The van der Waals surface area contributed by atoms with Gasteiger partial charge in [-0.15, -0.1) is 0 Å². The molecular formula is C7H9ClFNS. The van der Waals surface area contributed by atoms with E-state index in [0.717, 1.165) is 11.5 Å². The van der Waals surface area contributed by atoms with Gasteiger partial charge >= 0.3 is 0 Å². The molecule has 62 valence electrons. The second-order valence-electron chi connectivity index (χ2n) is 3.37. The third-order valence-corrected chi connectivity index (χ3v) is 2.40. The Bertz CT molecular complexity index is 264. The lowest BCUT2D eigenvalue weighted by atomic mass is 9.92. The maximum absolute atomic E-state index is 12.7. The predicted octanol–water partition coefficient (Wildman–Crippen LogP) is 3.23. The molecule has 1 aromatic heterocycles. The Labute approximate surface area is 74.4 Å². The van der Waals surface area contributed by atoms with Crippen LogP contribution in [0.4, 0.5) is 4.39 Å². The van der Waals surface area contributed by atoms with E-state index in [9.17, 15) is 4.39 Å². The van der Waals surface area contributed by atoms with Crippen molar-refractivity contribution >= 4 is 23.1 Å². The van der Waals surface area contributed by atoms with Crippen LogP contribution < -0.4 is 0 Å². The van der Waals surface area contributed by atoms with Crippen molar-refractivity contribution in [2.45, 2.75) is 26.2 Å². The molecule has 0 N–H and O–H groups in total.